The molecule has 0 saturated heterocycles. The number of unbranched alkanes of at least 4 members (excludes halogenated alkanes) is 42. The van der Waals surface area contributed by atoms with Gasteiger partial charge in [-0.3, -0.25) is 0 Å². The third-order valence-corrected chi connectivity index (χ3v) is 17.9. The SMILES string of the molecule is CCCCCCCCCCCCCCCCC[Si](CCCCCCCCCCCCCCCCC)(CCCCCCCCCCCCCCCCC)OCC. The molecule has 0 aliphatic heterocycles. The van der Waals surface area contributed by atoms with Gasteiger partial charge in [-0.25, -0.2) is 0 Å². The van der Waals surface area contributed by atoms with Crippen LogP contribution in [0.3, 0.4) is 0 Å². The van der Waals surface area contributed by atoms with Crippen LogP contribution in [-0.2, 0) is 4.43 Å². The minimum absolute atomic E-state index is 0.961. The fourth-order valence-electron chi connectivity index (χ4n) is 9.35. The maximum atomic E-state index is 6.93. The molecule has 0 saturated carbocycles. The first-order valence-electron chi connectivity index (χ1n) is 26.9. The molecule has 0 N–H and O–H groups in total. The van der Waals surface area contributed by atoms with Crippen molar-refractivity contribution in [3.63, 3.8) is 0 Å². The van der Waals surface area contributed by atoms with Crippen molar-refractivity contribution in [3.05, 3.63) is 0 Å². The van der Waals surface area contributed by atoms with Crippen molar-refractivity contribution in [1.82, 2.24) is 0 Å². The molecule has 0 bridgehead atoms. The average Bonchev–Trinajstić information content (AvgIpc) is 3.19. The largest absolute Gasteiger partial charge is 0.417 e. The molecule has 0 aliphatic carbocycles. The predicted octanol–water partition coefficient (Wildman–Crippen LogP) is 20.6. The minimum atomic E-state index is -1.61. The zero-order valence-corrected chi connectivity index (χ0v) is 40.6. The normalized spacial score (nSPS) is 12.0. The first-order valence-corrected chi connectivity index (χ1v) is 29.4. The van der Waals surface area contributed by atoms with Crippen LogP contribution in [0.15, 0.2) is 0 Å². The van der Waals surface area contributed by atoms with Crippen molar-refractivity contribution in [3.8, 4) is 0 Å². The summed E-state index contributed by atoms with van der Waals surface area (Å²) in [5.74, 6) is 0. The number of hydrogen-bond acceptors (Lipinski definition) is 1. The summed E-state index contributed by atoms with van der Waals surface area (Å²) in [4.78, 5) is 0. The maximum Gasteiger partial charge on any atom is 0.192 e. The van der Waals surface area contributed by atoms with Crippen molar-refractivity contribution in [2.45, 2.75) is 335 Å². The van der Waals surface area contributed by atoms with Crippen LogP contribution >= 0.6 is 0 Å². The van der Waals surface area contributed by atoms with E-state index in [9.17, 15) is 0 Å². The molecule has 0 aliphatic rings. The zero-order valence-electron chi connectivity index (χ0n) is 39.6. The summed E-state index contributed by atoms with van der Waals surface area (Å²) in [5, 5.41) is 0. The van der Waals surface area contributed by atoms with Gasteiger partial charge in [-0.1, -0.05) is 310 Å². The molecule has 0 rings (SSSR count). The first-order chi connectivity index (χ1) is 27.2. The number of rotatable bonds is 50. The van der Waals surface area contributed by atoms with Crippen LogP contribution in [0.1, 0.15) is 317 Å². The Morgan fingerprint density at radius 3 is 0.491 bits per heavy atom. The Balaban J connectivity index is 4.31. The molecule has 0 fully saturated rings. The lowest BCUT2D eigenvalue weighted by Crippen LogP contribution is -2.38. The molecule has 55 heavy (non-hydrogen) atoms. The van der Waals surface area contributed by atoms with Gasteiger partial charge in [0.05, 0.1) is 0 Å². The van der Waals surface area contributed by atoms with Gasteiger partial charge in [0.15, 0.2) is 8.32 Å². The lowest BCUT2D eigenvalue weighted by Gasteiger charge is -2.32. The van der Waals surface area contributed by atoms with E-state index in [1.54, 1.807) is 0 Å². The van der Waals surface area contributed by atoms with E-state index >= 15 is 0 Å². The highest BCUT2D eigenvalue weighted by Crippen LogP contribution is 2.31. The van der Waals surface area contributed by atoms with Crippen LogP contribution in [0.25, 0.3) is 0 Å². The Morgan fingerprint density at radius 1 is 0.200 bits per heavy atom. The summed E-state index contributed by atoms with van der Waals surface area (Å²) in [6.07, 6.45) is 65.8. The average molecular weight is 792 g/mol. The highest BCUT2D eigenvalue weighted by molar-refractivity contribution is 6.73. The van der Waals surface area contributed by atoms with E-state index in [2.05, 4.69) is 27.7 Å². The van der Waals surface area contributed by atoms with Crippen molar-refractivity contribution in [2.75, 3.05) is 6.61 Å². The fourth-order valence-corrected chi connectivity index (χ4v) is 13.8. The maximum absolute atomic E-state index is 6.93. The van der Waals surface area contributed by atoms with Crippen LogP contribution in [0.2, 0.25) is 18.1 Å². The minimum Gasteiger partial charge on any atom is -0.417 e. The molecular formula is C53H110OSi. The summed E-state index contributed by atoms with van der Waals surface area (Å²) in [7, 11) is -1.61. The molecule has 0 heterocycles. The summed E-state index contributed by atoms with van der Waals surface area (Å²) in [5.41, 5.74) is 0. The van der Waals surface area contributed by atoms with Gasteiger partial charge in [0, 0.05) is 6.61 Å². The molecule has 0 unspecified atom stereocenters. The van der Waals surface area contributed by atoms with Gasteiger partial charge >= 0.3 is 0 Å². The van der Waals surface area contributed by atoms with Gasteiger partial charge in [0.1, 0.15) is 0 Å². The predicted molar refractivity (Wildman–Crippen MR) is 257 cm³/mol. The Labute approximate surface area is 352 Å². The van der Waals surface area contributed by atoms with Gasteiger partial charge in [-0.2, -0.15) is 0 Å². The van der Waals surface area contributed by atoms with Crippen LogP contribution in [0, 0.1) is 0 Å². The Bertz CT molecular complexity index is 579. The molecule has 332 valence electrons. The van der Waals surface area contributed by atoms with E-state index in [1.165, 1.54) is 307 Å². The highest BCUT2D eigenvalue weighted by Gasteiger charge is 2.32. The monoisotopic (exact) mass is 791 g/mol. The Kier molecular flexibility index (Phi) is 48.7. The van der Waals surface area contributed by atoms with Gasteiger partial charge in [0.2, 0.25) is 0 Å². The third kappa shape index (κ3) is 43.6. The molecule has 0 radical (unpaired) electrons. The quantitative estimate of drug-likeness (QED) is 0.0440. The molecule has 1 nitrogen and oxygen atoms in total. The third-order valence-electron chi connectivity index (χ3n) is 13.2. The lowest BCUT2D eigenvalue weighted by molar-refractivity contribution is 0.313. The van der Waals surface area contributed by atoms with Gasteiger partial charge in [0.25, 0.3) is 0 Å². The van der Waals surface area contributed by atoms with Crippen molar-refractivity contribution >= 4 is 8.32 Å². The van der Waals surface area contributed by atoms with E-state index < -0.39 is 8.32 Å². The van der Waals surface area contributed by atoms with Crippen LogP contribution in [0.4, 0.5) is 0 Å². The molecular weight excluding hydrogens is 681 g/mol. The Morgan fingerprint density at radius 2 is 0.345 bits per heavy atom. The van der Waals surface area contributed by atoms with E-state index in [-0.39, 0.29) is 0 Å². The molecule has 0 spiro atoms. The second-order valence-corrected chi connectivity index (χ2v) is 22.9. The summed E-state index contributed by atoms with van der Waals surface area (Å²) in [6, 6.07) is 4.36. The molecule has 0 aromatic carbocycles. The Hall–Kier alpha value is 0.177. The van der Waals surface area contributed by atoms with Crippen LogP contribution in [-0.4, -0.2) is 14.9 Å². The van der Waals surface area contributed by atoms with Gasteiger partial charge < -0.3 is 4.43 Å². The molecule has 0 amide bonds. The summed E-state index contributed by atoms with van der Waals surface area (Å²) < 4.78 is 6.93. The highest BCUT2D eigenvalue weighted by atomic mass is 28.4. The number of hydrogen-bond donors (Lipinski definition) is 0. The van der Waals surface area contributed by atoms with Gasteiger partial charge in [-0.15, -0.1) is 0 Å². The van der Waals surface area contributed by atoms with Gasteiger partial charge in [-0.05, 0) is 25.1 Å². The topological polar surface area (TPSA) is 9.23 Å². The smallest absolute Gasteiger partial charge is 0.192 e. The van der Waals surface area contributed by atoms with Crippen molar-refractivity contribution in [1.29, 1.82) is 0 Å². The van der Waals surface area contributed by atoms with E-state index in [0.29, 0.717) is 0 Å². The van der Waals surface area contributed by atoms with E-state index in [4.69, 9.17) is 4.43 Å². The fraction of sp³-hybridized carbons (Fsp3) is 1.00. The van der Waals surface area contributed by atoms with E-state index in [1.807, 2.05) is 0 Å². The first kappa shape index (κ1) is 55.2. The standard InChI is InChI=1S/C53H110OSi/c1-5-9-12-15-18-21-24-27-30-33-36-39-42-45-48-51-55(54-8-4,52-49-46-43-40-37-34-31-28-25-22-19-16-13-10-6-2)53-50-47-44-41-38-35-32-29-26-23-20-17-14-11-7-3/h5-53H2,1-4H3. The summed E-state index contributed by atoms with van der Waals surface area (Å²) in [6.45, 7) is 10.2. The second kappa shape index (κ2) is 48.5. The van der Waals surface area contributed by atoms with Crippen LogP contribution in [0.5, 0.6) is 0 Å². The second-order valence-electron chi connectivity index (χ2n) is 18.7. The van der Waals surface area contributed by atoms with Crippen molar-refractivity contribution < 1.29 is 4.43 Å². The zero-order chi connectivity index (χ0) is 39.9. The molecule has 0 atom stereocenters. The molecule has 0 aromatic heterocycles. The van der Waals surface area contributed by atoms with Crippen molar-refractivity contribution in [2.24, 2.45) is 0 Å². The van der Waals surface area contributed by atoms with E-state index in [0.717, 1.165) is 6.61 Å². The summed E-state index contributed by atoms with van der Waals surface area (Å²) >= 11 is 0. The van der Waals surface area contributed by atoms with Crippen LogP contribution < -0.4 is 0 Å². The molecule has 2 heteroatoms. The lowest BCUT2D eigenvalue weighted by atomic mass is 10.0. The molecule has 0 aromatic rings.